The smallest absolute Gasteiger partial charge is 0.137 e. The Labute approximate surface area is 161 Å². The van der Waals surface area contributed by atoms with Crippen LogP contribution in [0.5, 0.6) is 17.2 Å². The van der Waals surface area contributed by atoms with Crippen molar-refractivity contribution in [3.05, 3.63) is 64.7 Å². The van der Waals surface area contributed by atoms with Crippen LogP contribution in [-0.2, 0) is 11.2 Å². The van der Waals surface area contributed by atoms with Crippen molar-refractivity contribution in [3.8, 4) is 17.2 Å². The summed E-state index contributed by atoms with van der Waals surface area (Å²) in [7, 11) is 5.08. The van der Waals surface area contributed by atoms with Crippen molar-refractivity contribution in [2.75, 3.05) is 21.3 Å². The minimum absolute atomic E-state index is 0.0779. The van der Waals surface area contributed by atoms with Gasteiger partial charge in [-0.25, -0.2) is 0 Å². The summed E-state index contributed by atoms with van der Waals surface area (Å²) in [4.78, 5) is 0. The number of methoxy groups -OCH3 is 3. The molecule has 0 spiro atoms. The topological polar surface area (TPSA) is 36.9 Å². The zero-order chi connectivity index (χ0) is 19.4. The van der Waals surface area contributed by atoms with Crippen LogP contribution in [0.25, 0.3) is 0 Å². The monoisotopic (exact) mass is 368 g/mol. The van der Waals surface area contributed by atoms with Crippen LogP contribution < -0.4 is 14.2 Å². The first kappa shape index (κ1) is 19.3. The average molecular weight is 368 g/mol. The molecule has 0 saturated heterocycles. The van der Waals surface area contributed by atoms with E-state index in [1.807, 2.05) is 24.3 Å². The molecule has 0 unspecified atom stereocenters. The summed E-state index contributed by atoms with van der Waals surface area (Å²) in [6.45, 7) is 4.18. The quantitative estimate of drug-likeness (QED) is 0.638. The molecule has 4 heteroatoms. The molecule has 0 radical (unpaired) electrons. The highest BCUT2D eigenvalue weighted by Gasteiger charge is 2.35. The Balaban J connectivity index is 2.16. The molecule has 0 saturated carbocycles. The van der Waals surface area contributed by atoms with E-state index in [1.54, 1.807) is 21.3 Å². The summed E-state index contributed by atoms with van der Waals surface area (Å²) in [5.41, 5.74) is 4.38. The van der Waals surface area contributed by atoms with Crippen molar-refractivity contribution in [3.63, 3.8) is 0 Å². The van der Waals surface area contributed by atoms with E-state index in [0.717, 1.165) is 46.8 Å². The van der Waals surface area contributed by atoms with Gasteiger partial charge in [-0.2, -0.15) is 0 Å². The molecule has 2 atom stereocenters. The molecule has 1 aliphatic heterocycles. The highest BCUT2D eigenvalue weighted by Crippen LogP contribution is 2.51. The Morgan fingerprint density at radius 3 is 2.37 bits per heavy atom. The van der Waals surface area contributed by atoms with E-state index in [1.165, 1.54) is 5.57 Å². The fraction of sp³-hybridized carbons (Fsp3) is 0.391. The van der Waals surface area contributed by atoms with E-state index >= 15 is 0 Å². The van der Waals surface area contributed by atoms with Gasteiger partial charge >= 0.3 is 0 Å². The molecule has 0 fully saturated rings. The van der Waals surface area contributed by atoms with Crippen molar-refractivity contribution in [1.29, 1.82) is 0 Å². The van der Waals surface area contributed by atoms with Gasteiger partial charge in [0.25, 0.3) is 0 Å². The summed E-state index contributed by atoms with van der Waals surface area (Å²) >= 11 is 0. The summed E-state index contributed by atoms with van der Waals surface area (Å²) < 4.78 is 23.7. The van der Waals surface area contributed by atoms with Crippen LogP contribution in [0.15, 0.2) is 48.0 Å². The number of benzene rings is 2. The molecule has 2 aromatic rings. The maximum atomic E-state index is 6.53. The lowest BCUT2D eigenvalue weighted by Gasteiger charge is -2.34. The summed E-state index contributed by atoms with van der Waals surface area (Å²) in [6.07, 6.45) is 3.46. The first-order valence-corrected chi connectivity index (χ1v) is 9.24. The van der Waals surface area contributed by atoms with E-state index < -0.39 is 0 Å². The molecule has 0 aliphatic carbocycles. The minimum Gasteiger partial charge on any atom is -0.496 e. The van der Waals surface area contributed by atoms with Crippen LogP contribution in [0, 0.1) is 0 Å². The van der Waals surface area contributed by atoms with Crippen molar-refractivity contribution in [2.45, 2.75) is 38.9 Å². The van der Waals surface area contributed by atoms with Gasteiger partial charge in [-0.05, 0) is 25.8 Å². The third-order valence-electron chi connectivity index (χ3n) is 4.96. The lowest BCUT2D eigenvalue weighted by atomic mass is 9.91. The lowest BCUT2D eigenvalue weighted by molar-refractivity contribution is 0.0274. The maximum absolute atomic E-state index is 6.53. The second-order valence-electron chi connectivity index (χ2n) is 6.97. The van der Waals surface area contributed by atoms with Crippen LogP contribution in [0.3, 0.4) is 0 Å². The SMILES string of the molecule is COc1cc(OC)c2c(c1CC=C(C)C)O[C@H](c1ccccc1)C[C@@H]2OC. The van der Waals surface area contributed by atoms with Crippen LogP contribution in [0.2, 0.25) is 0 Å². The molecule has 2 aromatic carbocycles. The average Bonchev–Trinajstić information content (AvgIpc) is 2.71. The van der Waals surface area contributed by atoms with E-state index in [-0.39, 0.29) is 12.2 Å². The van der Waals surface area contributed by atoms with Gasteiger partial charge < -0.3 is 18.9 Å². The fourth-order valence-electron chi connectivity index (χ4n) is 3.55. The molecule has 0 amide bonds. The van der Waals surface area contributed by atoms with Crippen LogP contribution >= 0.6 is 0 Å². The van der Waals surface area contributed by atoms with Gasteiger partial charge in [0, 0.05) is 25.2 Å². The number of allylic oxidation sites excluding steroid dienone is 2. The third kappa shape index (κ3) is 3.96. The van der Waals surface area contributed by atoms with E-state index in [9.17, 15) is 0 Å². The molecule has 0 aromatic heterocycles. The summed E-state index contributed by atoms with van der Waals surface area (Å²) in [5, 5.41) is 0. The Bertz CT molecular complexity index is 807. The Kier molecular flexibility index (Phi) is 6.07. The zero-order valence-corrected chi connectivity index (χ0v) is 16.7. The molecular weight excluding hydrogens is 340 g/mol. The third-order valence-corrected chi connectivity index (χ3v) is 4.96. The Morgan fingerprint density at radius 1 is 1.07 bits per heavy atom. The standard InChI is InChI=1S/C23H28O4/c1-15(2)11-12-17-19(24-3)14-21(26-5)22-20(25-4)13-18(27-23(17)22)16-9-7-6-8-10-16/h6-11,14,18,20H,12-13H2,1-5H3/t18-,20-/m0/s1. The molecule has 0 bridgehead atoms. The van der Waals surface area contributed by atoms with Gasteiger partial charge in [0.05, 0.1) is 25.9 Å². The van der Waals surface area contributed by atoms with E-state index in [4.69, 9.17) is 18.9 Å². The van der Waals surface area contributed by atoms with Gasteiger partial charge in [0.1, 0.15) is 23.4 Å². The van der Waals surface area contributed by atoms with Gasteiger partial charge in [0.15, 0.2) is 0 Å². The molecule has 3 rings (SSSR count). The normalized spacial score (nSPS) is 18.3. The van der Waals surface area contributed by atoms with Gasteiger partial charge in [-0.3, -0.25) is 0 Å². The first-order chi connectivity index (χ1) is 13.1. The highest BCUT2D eigenvalue weighted by atomic mass is 16.5. The zero-order valence-electron chi connectivity index (χ0n) is 16.7. The second-order valence-corrected chi connectivity index (χ2v) is 6.97. The van der Waals surface area contributed by atoms with Crippen LogP contribution in [0.4, 0.5) is 0 Å². The molecule has 1 heterocycles. The van der Waals surface area contributed by atoms with Gasteiger partial charge in [-0.15, -0.1) is 0 Å². The van der Waals surface area contributed by atoms with Crippen LogP contribution in [-0.4, -0.2) is 21.3 Å². The molecule has 4 nitrogen and oxygen atoms in total. The van der Waals surface area contributed by atoms with Gasteiger partial charge in [0.2, 0.25) is 0 Å². The Hall–Kier alpha value is -2.46. The second kappa shape index (κ2) is 8.49. The number of hydrogen-bond donors (Lipinski definition) is 0. The van der Waals surface area contributed by atoms with Crippen LogP contribution in [0.1, 0.15) is 49.2 Å². The highest BCUT2D eigenvalue weighted by molar-refractivity contribution is 5.60. The molecule has 1 aliphatic rings. The number of fused-ring (bicyclic) bond motifs is 1. The van der Waals surface area contributed by atoms with Crippen molar-refractivity contribution >= 4 is 0 Å². The minimum atomic E-state index is -0.106. The number of hydrogen-bond acceptors (Lipinski definition) is 4. The summed E-state index contributed by atoms with van der Waals surface area (Å²) in [6, 6.07) is 12.2. The lowest BCUT2D eigenvalue weighted by Crippen LogP contribution is -2.22. The number of rotatable bonds is 6. The summed E-state index contributed by atoms with van der Waals surface area (Å²) in [5.74, 6) is 2.32. The largest absolute Gasteiger partial charge is 0.496 e. The van der Waals surface area contributed by atoms with Crippen molar-refractivity contribution in [1.82, 2.24) is 0 Å². The predicted octanol–water partition coefficient (Wildman–Crippen LogP) is 5.42. The molecule has 144 valence electrons. The maximum Gasteiger partial charge on any atom is 0.137 e. The molecule has 0 N–H and O–H groups in total. The number of ether oxygens (including phenoxy) is 4. The fourth-order valence-corrected chi connectivity index (χ4v) is 3.55. The first-order valence-electron chi connectivity index (χ1n) is 9.24. The Morgan fingerprint density at radius 2 is 1.78 bits per heavy atom. The van der Waals surface area contributed by atoms with Crippen molar-refractivity contribution < 1.29 is 18.9 Å². The van der Waals surface area contributed by atoms with E-state index in [0.29, 0.717) is 0 Å². The van der Waals surface area contributed by atoms with E-state index in [2.05, 4.69) is 32.1 Å². The molecular formula is C23H28O4. The van der Waals surface area contributed by atoms with Crippen molar-refractivity contribution in [2.24, 2.45) is 0 Å². The molecule has 27 heavy (non-hydrogen) atoms. The predicted molar refractivity (Wildman–Crippen MR) is 107 cm³/mol. The van der Waals surface area contributed by atoms with Gasteiger partial charge in [-0.1, -0.05) is 42.0 Å².